The third-order valence-electron chi connectivity index (χ3n) is 4.47. The molecule has 0 amide bonds. The second kappa shape index (κ2) is 7.04. The summed E-state index contributed by atoms with van der Waals surface area (Å²) in [6, 6.07) is 13.1. The number of aliphatic hydroxyl groups is 1. The van der Waals surface area contributed by atoms with E-state index in [1.807, 2.05) is 30.3 Å². The van der Waals surface area contributed by atoms with Gasteiger partial charge in [0, 0.05) is 31.0 Å². The molecule has 0 radical (unpaired) electrons. The highest BCUT2D eigenvalue weighted by molar-refractivity contribution is 5.51. The van der Waals surface area contributed by atoms with E-state index < -0.39 is 6.10 Å². The zero-order valence-electron chi connectivity index (χ0n) is 14.0. The van der Waals surface area contributed by atoms with Crippen molar-refractivity contribution in [2.45, 2.75) is 25.1 Å². The lowest BCUT2D eigenvalue weighted by Crippen LogP contribution is -2.24. The second-order valence-electron chi connectivity index (χ2n) is 6.34. The maximum atomic E-state index is 10.1. The Morgan fingerprint density at radius 3 is 3.04 bits per heavy atom. The summed E-state index contributed by atoms with van der Waals surface area (Å²) in [5.41, 5.74) is 2.42. The van der Waals surface area contributed by atoms with Gasteiger partial charge in [-0.15, -0.1) is 0 Å². The van der Waals surface area contributed by atoms with Gasteiger partial charge in [-0.2, -0.15) is 10.2 Å². The first kappa shape index (κ1) is 16.4. The van der Waals surface area contributed by atoms with Crippen molar-refractivity contribution in [3.63, 3.8) is 0 Å². The quantitative estimate of drug-likeness (QED) is 0.773. The minimum Gasteiger partial charge on any atom is -0.392 e. The summed E-state index contributed by atoms with van der Waals surface area (Å²) in [6.07, 6.45) is 3.46. The Morgan fingerprint density at radius 1 is 1.31 bits per heavy atom. The summed E-state index contributed by atoms with van der Waals surface area (Å²) >= 11 is 0. The van der Waals surface area contributed by atoms with Crippen LogP contribution in [0.4, 0.5) is 0 Å². The summed E-state index contributed by atoms with van der Waals surface area (Å²) in [5, 5.41) is 23.3. The normalized spacial score (nSPS) is 20.2. The van der Waals surface area contributed by atoms with Crippen molar-refractivity contribution in [3.05, 3.63) is 65.8 Å². The molecule has 2 aromatic heterocycles. The Labute approximate surface area is 150 Å². The maximum Gasteiger partial charge on any atom is 0.244 e. The minimum atomic E-state index is -0.451. The van der Waals surface area contributed by atoms with Gasteiger partial charge in [-0.1, -0.05) is 17.3 Å². The molecule has 0 bridgehead atoms. The lowest BCUT2D eigenvalue weighted by Gasteiger charge is -2.21. The van der Waals surface area contributed by atoms with Crippen LogP contribution in [0.5, 0.6) is 0 Å². The van der Waals surface area contributed by atoms with Crippen LogP contribution in [0.25, 0.3) is 11.4 Å². The number of pyridine rings is 1. The van der Waals surface area contributed by atoms with E-state index in [0.717, 1.165) is 11.1 Å². The molecule has 0 aliphatic carbocycles. The van der Waals surface area contributed by atoms with Gasteiger partial charge >= 0.3 is 0 Å². The van der Waals surface area contributed by atoms with Crippen molar-refractivity contribution in [2.24, 2.45) is 0 Å². The molecule has 0 spiro atoms. The standard InChI is InChI=1S/C19H17N5O2/c20-9-13-3-1-4-14(7-13)11-24-12-16(25)8-17(24)19-22-18(23-26-19)15-5-2-6-21-10-15/h1-7,10,16-17,25H,8,11-12H2. The van der Waals surface area contributed by atoms with Crippen LogP contribution in [0.3, 0.4) is 0 Å². The molecule has 130 valence electrons. The Hall–Kier alpha value is -3.08. The van der Waals surface area contributed by atoms with Crippen LogP contribution in [0, 0.1) is 11.3 Å². The first-order valence-corrected chi connectivity index (χ1v) is 8.38. The van der Waals surface area contributed by atoms with Gasteiger partial charge in [0.1, 0.15) is 0 Å². The van der Waals surface area contributed by atoms with Gasteiger partial charge in [0.15, 0.2) is 0 Å². The van der Waals surface area contributed by atoms with Crippen molar-refractivity contribution < 1.29 is 9.63 Å². The summed E-state index contributed by atoms with van der Waals surface area (Å²) in [7, 11) is 0. The third-order valence-corrected chi connectivity index (χ3v) is 4.47. The number of nitriles is 1. The zero-order chi connectivity index (χ0) is 17.9. The molecule has 1 fully saturated rings. The molecule has 1 saturated heterocycles. The zero-order valence-corrected chi connectivity index (χ0v) is 14.0. The summed E-state index contributed by atoms with van der Waals surface area (Å²) in [5.74, 6) is 0.970. The van der Waals surface area contributed by atoms with Crippen molar-refractivity contribution in [3.8, 4) is 17.5 Å². The number of benzene rings is 1. The van der Waals surface area contributed by atoms with Gasteiger partial charge < -0.3 is 9.63 Å². The Kier molecular flexibility index (Phi) is 4.44. The van der Waals surface area contributed by atoms with E-state index in [4.69, 9.17) is 9.78 Å². The van der Waals surface area contributed by atoms with Crippen LogP contribution < -0.4 is 0 Å². The third kappa shape index (κ3) is 3.33. The topological polar surface area (TPSA) is 99.1 Å². The van der Waals surface area contributed by atoms with Crippen molar-refractivity contribution in [2.75, 3.05) is 6.54 Å². The summed E-state index contributed by atoms with van der Waals surface area (Å²) in [4.78, 5) is 10.7. The number of nitrogens with zero attached hydrogens (tertiary/aromatic N) is 5. The van der Waals surface area contributed by atoms with Gasteiger partial charge in [0.2, 0.25) is 11.7 Å². The summed E-state index contributed by atoms with van der Waals surface area (Å²) < 4.78 is 5.47. The molecule has 3 aromatic rings. The van der Waals surface area contributed by atoms with Crippen LogP contribution in [0.1, 0.15) is 29.5 Å². The van der Waals surface area contributed by atoms with Crippen molar-refractivity contribution >= 4 is 0 Å². The van der Waals surface area contributed by atoms with E-state index in [1.54, 1.807) is 18.5 Å². The molecule has 0 saturated carbocycles. The molecule has 1 aliphatic rings. The lowest BCUT2D eigenvalue weighted by molar-refractivity contribution is 0.169. The van der Waals surface area contributed by atoms with Crippen LogP contribution >= 0.6 is 0 Å². The van der Waals surface area contributed by atoms with Crippen molar-refractivity contribution in [1.82, 2.24) is 20.0 Å². The first-order valence-electron chi connectivity index (χ1n) is 8.38. The fourth-order valence-electron chi connectivity index (χ4n) is 3.27. The van der Waals surface area contributed by atoms with Gasteiger partial charge in [0.25, 0.3) is 0 Å². The monoisotopic (exact) mass is 347 g/mol. The van der Waals surface area contributed by atoms with Crippen LogP contribution in [0.15, 0.2) is 53.3 Å². The number of β-amino-alcohol motifs (C(OH)–C–C–N with tert-alkyl or cyclic N) is 1. The van der Waals surface area contributed by atoms with Gasteiger partial charge in [-0.05, 0) is 36.2 Å². The fourth-order valence-corrected chi connectivity index (χ4v) is 3.27. The molecule has 4 rings (SSSR count). The SMILES string of the molecule is N#Cc1cccc(CN2CC(O)CC2c2nc(-c3cccnc3)no2)c1. The predicted octanol–water partition coefficient (Wildman–Crippen LogP) is 2.31. The highest BCUT2D eigenvalue weighted by Gasteiger charge is 2.36. The van der Waals surface area contributed by atoms with Crippen LogP contribution in [0.2, 0.25) is 0 Å². The van der Waals surface area contributed by atoms with E-state index in [1.165, 1.54) is 0 Å². The van der Waals surface area contributed by atoms with Crippen LogP contribution in [-0.2, 0) is 6.54 Å². The predicted molar refractivity (Wildman–Crippen MR) is 92.5 cm³/mol. The van der Waals surface area contributed by atoms with E-state index >= 15 is 0 Å². The molecule has 26 heavy (non-hydrogen) atoms. The number of rotatable bonds is 4. The lowest BCUT2D eigenvalue weighted by atomic mass is 10.1. The average Bonchev–Trinajstić information content (AvgIpc) is 3.29. The minimum absolute atomic E-state index is 0.159. The second-order valence-corrected chi connectivity index (χ2v) is 6.34. The van der Waals surface area contributed by atoms with E-state index in [9.17, 15) is 5.11 Å². The highest BCUT2D eigenvalue weighted by atomic mass is 16.5. The molecule has 7 heteroatoms. The largest absolute Gasteiger partial charge is 0.392 e. The Morgan fingerprint density at radius 2 is 2.23 bits per heavy atom. The number of likely N-dealkylation sites (tertiary alicyclic amines) is 1. The molecule has 1 aromatic carbocycles. The fraction of sp³-hybridized carbons (Fsp3) is 0.263. The number of hydrogen-bond acceptors (Lipinski definition) is 7. The molecule has 3 heterocycles. The number of hydrogen-bond donors (Lipinski definition) is 1. The molecular weight excluding hydrogens is 330 g/mol. The van der Waals surface area contributed by atoms with E-state index in [-0.39, 0.29) is 6.04 Å². The molecule has 1 N–H and O–H groups in total. The van der Waals surface area contributed by atoms with E-state index in [0.29, 0.717) is 36.8 Å². The van der Waals surface area contributed by atoms with E-state index in [2.05, 4.69) is 26.1 Å². The van der Waals surface area contributed by atoms with Gasteiger partial charge in [-0.3, -0.25) is 9.88 Å². The van der Waals surface area contributed by atoms with Gasteiger partial charge in [-0.25, -0.2) is 0 Å². The molecule has 2 unspecified atom stereocenters. The van der Waals surface area contributed by atoms with Crippen molar-refractivity contribution in [1.29, 1.82) is 5.26 Å². The molecule has 7 nitrogen and oxygen atoms in total. The molecular formula is C19H17N5O2. The van der Waals surface area contributed by atoms with Crippen LogP contribution in [-0.4, -0.2) is 37.8 Å². The smallest absolute Gasteiger partial charge is 0.244 e. The maximum absolute atomic E-state index is 10.1. The Balaban J connectivity index is 1.57. The molecule has 2 atom stereocenters. The first-order chi connectivity index (χ1) is 12.7. The van der Waals surface area contributed by atoms with Gasteiger partial charge in [0.05, 0.1) is 23.8 Å². The number of aliphatic hydroxyl groups excluding tert-OH is 1. The number of aromatic nitrogens is 3. The summed E-state index contributed by atoms with van der Waals surface area (Å²) in [6.45, 7) is 1.12. The highest BCUT2D eigenvalue weighted by Crippen LogP contribution is 2.33. The Bertz CT molecular complexity index is 934. The molecule has 1 aliphatic heterocycles. The average molecular weight is 347 g/mol.